The van der Waals surface area contributed by atoms with E-state index in [1.54, 1.807) is 4.90 Å². The fourth-order valence-electron chi connectivity index (χ4n) is 2.06. The van der Waals surface area contributed by atoms with Gasteiger partial charge in [-0.25, -0.2) is 0 Å². The number of aldehydes is 1. The molecule has 0 saturated carbocycles. The fraction of sp³-hybridized carbons (Fsp3) is 0.727. The molecule has 1 aliphatic rings. The topological polar surface area (TPSA) is 128 Å². The number of nitrogens with zero attached hydrogens (tertiary/aromatic N) is 2. The second kappa shape index (κ2) is 6.95. The maximum absolute atomic E-state index is 12.0. The van der Waals surface area contributed by atoms with Gasteiger partial charge in [0.25, 0.3) is 0 Å². The van der Waals surface area contributed by atoms with Gasteiger partial charge in [0.15, 0.2) is 5.96 Å². The molecule has 0 aromatic heterocycles. The van der Waals surface area contributed by atoms with Crippen molar-refractivity contribution < 1.29 is 9.59 Å². The average Bonchev–Trinajstić information content (AvgIpc) is 2.81. The number of hydrogen-bond acceptors (Lipinski definition) is 4. The first-order chi connectivity index (χ1) is 8.56. The molecule has 18 heavy (non-hydrogen) atoms. The molecule has 2 unspecified atom stereocenters. The molecule has 6 N–H and O–H groups in total. The van der Waals surface area contributed by atoms with Gasteiger partial charge in [-0.1, -0.05) is 0 Å². The monoisotopic (exact) mass is 255 g/mol. The molecule has 0 aromatic rings. The quantitative estimate of drug-likeness (QED) is 0.232. The van der Waals surface area contributed by atoms with Crippen LogP contribution in [0, 0.1) is 0 Å². The van der Waals surface area contributed by atoms with Crippen LogP contribution in [0.1, 0.15) is 25.7 Å². The van der Waals surface area contributed by atoms with Crippen LogP contribution >= 0.6 is 0 Å². The smallest absolute Gasteiger partial charge is 0.240 e. The molecule has 1 fully saturated rings. The largest absolute Gasteiger partial charge is 0.370 e. The molecule has 2 atom stereocenters. The van der Waals surface area contributed by atoms with Crippen LogP contribution in [-0.2, 0) is 9.59 Å². The lowest BCUT2D eigenvalue weighted by atomic mass is 10.1. The van der Waals surface area contributed by atoms with Gasteiger partial charge in [0.2, 0.25) is 5.91 Å². The van der Waals surface area contributed by atoms with Gasteiger partial charge < -0.3 is 26.9 Å². The minimum absolute atomic E-state index is 0.0375. The van der Waals surface area contributed by atoms with Crippen molar-refractivity contribution in [3.05, 3.63) is 0 Å². The Balaban J connectivity index is 2.36. The number of amides is 1. The van der Waals surface area contributed by atoms with Crippen LogP contribution < -0.4 is 17.2 Å². The van der Waals surface area contributed by atoms with E-state index in [-0.39, 0.29) is 17.9 Å². The molecule has 102 valence electrons. The number of rotatable bonds is 6. The van der Waals surface area contributed by atoms with Crippen LogP contribution in [-0.4, -0.2) is 48.2 Å². The molecule has 1 heterocycles. The van der Waals surface area contributed by atoms with Crippen LogP contribution in [0.3, 0.4) is 0 Å². The fourth-order valence-corrected chi connectivity index (χ4v) is 2.06. The number of aliphatic imine (C=N–C) groups is 1. The van der Waals surface area contributed by atoms with Crippen molar-refractivity contribution >= 4 is 18.2 Å². The highest BCUT2D eigenvalue weighted by atomic mass is 16.2. The Hall–Kier alpha value is -1.63. The third kappa shape index (κ3) is 3.99. The molecule has 7 heteroatoms. The summed E-state index contributed by atoms with van der Waals surface area (Å²) in [5.41, 5.74) is 16.2. The van der Waals surface area contributed by atoms with Crippen LogP contribution in [0.2, 0.25) is 0 Å². The Bertz CT molecular complexity index is 327. The second-order valence-electron chi connectivity index (χ2n) is 4.43. The van der Waals surface area contributed by atoms with Gasteiger partial charge in [-0.15, -0.1) is 0 Å². The number of nitrogens with two attached hydrogens (primary N) is 3. The SMILES string of the molecule is NC(N)=NCCCC(N)C(=O)N1CCCC1C=O. The molecule has 1 saturated heterocycles. The first-order valence-electron chi connectivity index (χ1n) is 6.13. The van der Waals surface area contributed by atoms with Crippen molar-refractivity contribution in [3.8, 4) is 0 Å². The van der Waals surface area contributed by atoms with E-state index in [1.807, 2.05) is 0 Å². The van der Waals surface area contributed by atoms with Crippen molar-refractivity contribution in [2.24, 2.45) is 22.2 Å². The summed E-state index contributed by atoms with van der Waals surface area (Å²) in [5.74, 6) is -0.121. The van der Waals surface area contributed by atoms with E-state index < -0.39 is 6.04 Å². The summed E-state index contributed by atoms with van der Waals surface area (Å²) in [7, 11) is 0. The predicted octanol–water partition coefficient (Wildman–Crippen LogP) is -1.44. The number of hydrogen-bond donors (Lipinski definition) is 3. The zero-order valence-corrected chi connectivity index (χ0v) is 10.4. The average molecular weight is 255 g/mol. The van der Waals surface area contributed by atoms with Crippen molar-refractivity contribution in [2.45, 2.75) is 37.8 Å². The molecule has 7 nitrogen and oxygen atoms in total. The first-order valence-corrected chi connectivity index (χ1v) is 6.13. The highest BCUT2D eigenvalue weighted by Crippen LogP contribution is 2.16. The molecule has 0 radical (unpaired) electrons. The van der Waals surface area contributed by atoms with Crippen molar-refractivity contribution in [1.29, 1.82) is 0 Å². The van der Waals surface area contributed by atoms with Gasteiger partial charge in [0, 0.05) is 13.1 Å². The van der Waals surface area contributed by atoms with E-state index in [4.69, 9.17) is 17.2 Å². The highest BCUT2D eigenvalue weighted by Gasteiger charge is 2.30. The van der Waals surface area contributed by atoms with Crippen molar-refractivity contribution in [1.82, 2.24) is 4.90 Å². The van der Waals surface area contributed by atoms with Gasteiger partial charge in [-0.3, -0.25) is 9.79 Å². The maximum Gasteiger partial charge on any atom is 0.240 e. The summed E-state index contributed by atoms with van der Waals surface area (Å²) < 4.78 is 0. The molecule has 1 amide bonds. The minimum Gasteiger partial charge on any atom is -0.370 e. The molecule has 1 rings (SSSR count). The zero-order valence-electron chi connectivity index (χ0n) is 10.4. The van der Waals surface area contributed by atoms with E-state index in [9.17, 15) is 9.59 Å². The van der Waals surface area contributed by atoms with Crippen LogP contribution in [0.5, 0.6) is 0 Å². The van der Waals surface area contributed by atoms with Crippen LogP contribution in [0.15, 0.2) is 4.99 Å². The summed E-state index contributed by atoms with van der Waals surface area (Å²) in [5, 5.41) is 0. The van der Waals surface area contributed by atoms with Gasteiger partial charge in [0.1, 0.15) is 6.29 Å². The number of likely N-dealkylation sites (tertiary alicyclic amines) is 1. The molecule has 0 aliphatic carbocycles. The Morgan fingerprint density at radius 3 is 2.83 bits per heavy atom. The third-order valence-electron chi connectivity index (χ3n) is 3.02. The number of carbonyl (C=O) groups is 2. The number of carbonyl (C=O) groups excluding carboxylic acids is 2. The Morgan fingerprint density at radius 2 is 2.22 bits per heavy atom. The molecule has 0 spiro atoms. The molecule has 0 aromatic carbocycles. The third-order valence-corrected chi connectivity index (χ3v) is 3.02. The Kier molecular flexibility index (Phi) is 5.57. The summed E-state index contributed by atoms with van der Waals surface area (Å²) in [6.45, 7) is 1.07. The summed E-state index contributed by atoms with van der Waals surface area (Å²) in [6, 6.07) is -0.888. The Labute approximate surface area is 106 Å². The van der Waals surface area contributed by atoms with Crippen molar-refractivity contribution in [2.75, 3.05) is 13.1 Å². The van der Waals surface area contributed by atoms with E-state index in [0.717, 1.165) is 19.1 Å². The van der Waals surface area contributed by atoms with E-state index in [1.165, 1.54) is 0 Å². The van der Waals surface area contributed by atoms with Crippen LogP contribution in [0.25, 0.3) is 0 Å². The van der Waals surface area contributed by atoms with Crippen molar-refractivity contribution in [3.63, 3.8) is 0 Å². The van der Waals surface area contributed by atoms with Crippen LogP contribution in [0.4, 0.5) is 0 Å². The molecule has 0 bridgehead atoms. The lowest BCUT2D eigenvalue weighted by Crippen LogP contribution is -2.46. The summed E-state index contributed by atoms with van der Waals surface area (Å²) in [6.07, 6.45) is 3.56. The van der Waals surface area contributed by atoms with E-state index in [0.29, 0.717) is 25.9 Å². The number of guanidine groups is 1. The lowest BCUT2D eigenvalue weighted by Gasteiger charge is -2.23. The van der Waals surface area contributed by atoms with E-state index in [2.05, 4.69) is 4.99 Å². The maximum atomic E-state index is 12.0. The Morgan fingerprint density at radius 1 is 1.50 bits per heavy atom. The summed E-state index contributed by atoms with van der Waals surface area (Å²) in [4.78, 5) is 28.2. The first kappa shape index (κ1) is 14.4. The van der Waals surface area contributed by atoms with Gasteiger partial charge in [-0.05, 0) is 25.7 Å². The van der Waals surface area contributed by atoms with E-state index >= 15 is 0 Å². The minimum atomic E-state index is -0.584. The highest BCUT2D eigenvalue weighted by molar-refractivity contribution is 5.84. The zero-order chi connectivity index (χ0) is 13.5. The summed E-state index contributed by atoms with van der Waals surface area (Å²) >= 11 is 0. The van der Waals surface area contributed by atoms with Gasteiger partial charge in [0.05, 0.1) is 12.1 Å². The normalized spacial score (nSPS) is 20.5. The molecular weight excluding hydrogens is 234 g/mol. The lowest BCUT2D eigenvalue weighted by molar-refractivity contribution is -0.135. The predicted molar refractivity (Wildman–Crippen MR) is 68.7 cm³/mol. The second-order valence-corrected chi connectivity index (χ2v) is 4.43. The van der Waals surface area contributed by atoms with Gasteiger partial charge in [-0.2, -0.15) is 0 Å². The molecule has 1 aliphatic heterocycles. The molecular formula is C11H21N5O2. The van der Waals surface area contributed by atoms with Gasteiger partial charge >= 0.3 is 0 Å². The standard InChI is InChI=1S/C11H21N5O2/c12-9(4-1-5-15-11(13)14)10(18)16-6-2-3-8(16)7-17/h7-9H,1-6,12H2,(H4,13,14,15).